The van der Waals surface area contributed by atoms with Crippen LogP contribution in [-0.4, -0.2) is 43.3 Å². The minimum absolute atomic E-state index is 0.0376. The number of fused-ring (bicyclic) bond motifs is 1. The molecule has 1 amide bonds. The van der Waals surface area contributed by atoms with Gasteiger partial charge in [-0.25, -0.2) is 13.2 Å². The summed E-state index contributed by atoms with van der Waals surface area (Å²) in [7, 11) is -3.78. The molecule has 0 spiro atoms. The van der Waals surface area contributed by atoms with Gasteiger partial charge in [-0.3, -0.25) is 4.79 Å². The number of hydrogen-bond donors (Lipinski definition) is 1. The summed E-state index contributed by atoms with van der Waals surface area (Å²) in [5, 5.41) is 2.94. The molecule has 0 bridgehead atoms. The fourth-order valence-corrected chi connectivity index (χ4v) is 5.92. The highest BCUT2D eigenvalue weighted by Gasteiger charge is 2.29. The van der Waals surface area contributed by atoms with Crippen LogP contribution in [0.4, 0.5) is 0 Å². The number of carbonyl (C=O) groups is 2. The summed E-state index contributed by atoms with van der Waals surface area (Å²) in [4.78, 5) is 25.1. The topological polar surface area (TPSA) is 92.8 Å². The Morgan fingerprint density at radius 1 is 1.03 bits per heavy atom. The van der Waals surface area contributed by atoms with Crippen molar-refractivity contribution in [2.45, 2.75) is 69.0 Å². The number of nitrogens with one attached hydrogen (secondary N) is 1. The number of sulfonamides is 1. The van der Waals surface area contributed by atoms with Crippen LogP contribution in [0.3, 0.4) is 0 Å². The molecule has 1 aliphatic carbocycles. The Morgan fingerprint density at radius 2 is 1.76 bits per heavy atom. The maximum atomic E-state index is 13.2. The van der Waals surface area contributed by atoms with E-state index in [2.05, 4.69) is 5.32 Å². The molecule has 0 saturated heterocycles. The lowest BCUT2D eigenvalue weighted by Crippen LogP contribution is -2.42. The summed E-state index contributed by atoms with van der Waals surface area (Å²) >= 11 is 0. The predicted molar refractivity (Wildman–Crippen MR) is 124 cm³/mol. The van der Waals surface area contributed by atoms with Crippen LogP contribution >= 0.6 is 0 Å². The molecule has 1 atom stereocenters. The van der Waals surface area contributed by atoms with Gasteiger partial charge in [0.15, 0.2) is 6.10 Å². The van der Waals surface area contributed by atoms with Gasteiger partial charge < -0.3 is 10.1 Å². The molecule has 1 aliphatic heterocycles. The van der Waals surface area contributed by atoms with E-state index < -0.39 is 22.1 Å². The molecule has 2 aromatic carbocycles. The van der Waals surface area contributed by atoms with Crippen LogP contribution in [0.5, 0.6) is 0 Å². The standard InChI is InChI=1S/C25H30N2O5S/c1-18(24(28)26-22-11-3-2-4-12-22)32-25(29)20-10-7-13-23(16-20)33(30,31)27-15-14-19-8-5-6-9-21(19)17-27/h5-10,13,16,18,22H,2-4,11-12,14-15,17H2,1H3,(H,26,28)/t18-/m0/s1. The SMILES string of the molecule is C[C@H](OC(=O)c1cccc(S(=O)(=O)N2CCc3ccccc3C2)c1)C(=O)NC1CCCCC1. The first kappa shape index (κ1) is 23.4. The molecule has 0 radical (unpaired) electrons. The van der Waals surface area contributed by atoms with Crippen molar-refractivity contribution in [2.24, 2.45) is 0 Å². The van der Waals surface area contributed by atoms with Crippen molar-refractivity contribution in [1.82, 2.24) is 9.62 Å². The van der Waals surface area contributed by atoms with Gasteiger partial charge >= 0.3 is 5.97 Å². The summed E-state index contributed by atoms with van der Waals surface area (Å²) in [6.45, 7) is 2.21. The van der Waals surface area contributed by atoms with Gasteiger partial charge in [-0.2, -0.15) is 4.31 Å². The van der Waals surface area contributed by atoms with E-state index in [1.54, 1.807) is 0 Å². The quantitative estimate of drug-likeness (QED) is 0.653. The van der Waals surface area contributed by atoms with Gasteiger partial charge in [-0.15, -0.1) is 0 Å². The summed E-state index contributed by atoms with van der Waals surface area (Å²) in [6.07, 6.45) is 4.91. The summed E-state index contributed by atoms with van der Waals surface area (Å²) < 4.78 is 33.2. The first-order valence-corrected chi connectivity index (χ1v) is 13.0. The van der Waals surface area contributed by atoms with Crippen LogP contribution in [0, 0.1) is 0 Å². The second-order valence-corrected chi connectivity index (χ2v) is 10.7. The van der Waals surface area contributed by atoms with E-state index in [-0.39, 0.29) is 22.4 Å². The lowest BCUT2D eigenvalue weighted by molar-refractivity contribution is -0.130. The third-order valence-corrected chi connectivity index (χ3v) is 8.25. The van der Waals surface area contributed by atoms with E-state index in [1.165, 1.54) is 41.9 Å². The minimum atomic E-state index is -3.78. The van der Waals surface area contributed by atoms with Crippen molar-refractivity contribution in [3.05, 3.63) is 65.2 Å². The first-order valence-electron chi connectivity index (χ1n) is 11.5. The Bertz CT molecular complexity index is 1130. The zero-order valence-electron chi connectivity index (χ0n) is 18.8. The summed E-state index contributed by atoms with van der Waals surface area (Å²) in [5.41, 5.74) is 2.24. The smallest absolute Gasteiger partial charge is 0.338 e. The van der Waals surface area contributed by atoms with Crippen molar-refractivity contribution in [1.29, 1.82) is 0 Å². The van der Waals surface area contributed by atoms with Crippen molar-refractivity contribution in [3.8, 4) is 0 Å². The van der Waals surface area contributed by atoms with Gasteiger partial charge in [0, 0.05) is 19.1 Å². The Hall–Kier alpha value is -2.71. The Morgan fingerprint density at radius 3 is 2.52 bits per heavy atom. The van der Waals surface area contributed by atoms with Gasteiger partial charge in [0.05, 0.1) is 10.5 Å². The summed E-state index contributed by atoms with van der Waals surface area (Å²) in [6, 6.07) is 13.7. The fourth-order valence-electron chi connectivity index (χ4n) is 4.46. The Kier molecular flexibility index (Phi) is 7.14. The minimum Gasteiger partial charge on any atom is -0.449 e. The molecule has 8 heteroatoms. The van der Waals surface area contributed by atoms with Crippen LogP contribution in [0.2, 0.25) is 0 Å². The van der Waals surface area contributed by atoms with Crippen LogP contribution in [0.15, 0.2) is 53.4 Å². The number of carbonyl (C=O) groups excluding carboxylic acids is 2. The van der Waals surface area contributed by atoms with Crippen molar-refractivity contribution >= 4 is 21.9 Å². The zero-order chi connectivity index (χ0) is 23.4. The van der Waals surface area contributed by atoms with Crippen LogP contribution in [-0.2, 0) is 32.5 Å². The largest absolute Gasteiger partial charge is 0.449 e. The highest BCUT2D eigenvalue weighted by Crippen LogP contribution is 2.25. The maximum absolute atomic E-state index is 13.2. The molecule has 176 valence electrons. The van der Waals surface area contributed by atoms with E-state index in [0.29, 0.717) is 19.5 Å². The molecule has 2 aliphatic rings. The fraction of sp³-hybridized carbons (Fsp3) is 0.440. The van der Waals surface area contributed by atoms with Crippen molar-refractivity contribution in [3.63, 3.8) is 0 Å². The number of esters is 1. The van der Waals surface area contributed by atoms with Gasteiger partial charge in [0.2, 0.25) is 10.0 Å². The number of nitrogens with zero attached hydrogens (tertiary/aromatic N) is 1. The maximum Gasteiger partial charge on any atom is 0.338 e. The van der Waals surface area contributed by atoms with Crippen LogP contribution in [0.1, 0.15) is 60.5 Å². The Labute approximate surface area is 195 Å². The van der Waals surface area contributed by atoms with Gasteiger partial charge in [0.25, 0.3) is 5.91 Å². The van der Waals surface area contributed by atoms with E-state index in [1.807, 2.05) is 24.3 Å². The lowest BCUT2D eigenvalue weighted by Gasteiger charge is -2.28. The molecule has 1 fully saturated rings. The average Bonchev–Trinajstić information content (AvgIpc) is 2.84. The van der Waals surface area contributed by atoms with Gasteiger partial charge in [-0.1, -0.05) is 49.6 Å². The molecular formula is C25H30N2O5S. The van der Waals surface area contributed by atoms with E-state index in [0.717, 1.165) is 36.8 Å². The molecule has 0 unspecified atom stereocenters. The highest BCUT2D eigenvalue weighted by atomic mass is 32.2. The predicted octanol–water partition coefficient (Wildman–Crippen LogP) is 3.43. The number of rotatable bonds is 6. The van der Waals surface area contributed by atoms with Crippen molar-refractivity contribution < 1.29 is 22.7 Å². The van der Waals surface area contributed by atoms with Crippen LogP contribution in [0.25, 0.3) is 0 Å². The molecule has 4 rings (SSSR count). The first-order chi connectivity index (χ1) is 15.8. The molecule has 7 nitrogen and oxygen atoms in total. The normalized spacial score (nSPS) is 18.2. The molecule has 1 N–H and O–H groups in total. The lowest BCUT2D eigenvalue weighted by atomic mass is 9.95. The third-order valence-electron chi connectivity index (χ3n) is 6.41. The zero-order valence-corrected chi connectivity index (χ0v) is 19.6. The van der Waals surface area contributed by atoms with Crippen LogP contribution < -0.4 is 5.32 Å². The molecule has 33 heavy (non-hydrogen) atoms. The van der Waals surface area contributed by atoms with Gasteiger partial charge in [0.1, 0.15) is 0 Å². The van der Waals surface area contributed by atoms with E-state index >= 15 is 0 Å². The third kappa shape index (κ3) is 5.45. The number of ether oxygens (including phenoxy) is 1. The second-order valence-electron chi connectivity index (χ2n) is 8.78. The van der Waals surface area contributed by atoms with E-state index in [4.69, 9.17) is 4.74 Å². The summed E-state index contributed by atoms with van der Waals surface area (Å²) in [5.74, 6) is -1.05. The molecule has 0 aromatic heterocycles. The Balaban J connectivity index is 1.42. The van der Waals surface area contributed by atoms with E-state index in [9.17, 15) is 18.0 Å². The monoisotopic (exact) mass is 470 g/mol. The molecule has 1 saturated carbocycles. The van der Waals surface area contributed by atoms with Crippen molar-refractivity contribution in [2.75, 3.05) is 6.54 Å². The number of amides is 1. The highest BCUT2D eigenvalue weighted by molar-refractivity contribution is 7.89. The molecular weight excluding hydrogens is 440 g/mol. The number of benzene rings is 2. The number of hydrogen-bond acceptors (Lipinski definition) is 5. The second kappa shape index (κ2) is 10.1. The molecule has 2 aromatic rings. The average molecular weight is 471 g/mol. The molecule has 1 heterocycles. The van der Waals surface area contributed by atoms with Gasteiger partial charge in [-0.05, 0) is 55.5 Å².